The Morgan fingerprint density at radius 1 is 1.43 bits per heavy atom. The van der Waals surface area contributed by atoms with Crippen molar-refractivity contribution < 1.29 is 23.1 Å². The van der Waals surface area contributed by atoms with Gasteiger partial charge in [0.05, 0.1) is 16.6 Å². The smallest absolute Gasteiger partial charge is 0.325 e. The number of carboxylic acid groups (broad SMARTS) is 1. The standard InChI is InChI=1S/C11H18N4O5S/c1-11(2,21(3,19)20)7-12-10(18)14-8-4-13-15(5-8)6-9(16)17/h4-5H,6-7H2,1-3H3,(H,16,17)(H2,12,14,18). The number of nitrogens with one attached hydrogen (secondary N) is 2. The monoisotopic (exact) mass is 318 g/mol. The Bertz CT molecular complexity index is 635. The van der Waals surface area contributed by atoms with E-state index in [1.165, 1.54) is 26.2 Å². The second kappa shape index (κ2) is 6.12. The van der Waals surface area contributed by atoms with Crippen LogP contribution in [0.2, 0.25) is 0 Å². The summed E-state index contributed by atoms with van der Waals surface area (Å²) in [5, 5.41) is 17.2. The first-order valence-corrected chi connectivity index (χ1v) is 7.89. The maximum atomic E-state index is 11.6. The van der Waals surface area contributed by atoms with Crippen molar-refractivity contribution in [3.8, 4) is 0 Å². The molecule has 1 aromatic heterocycles. The Kier molecular flexibility index (Phi) is 4.94. The molecule has 0 radical (unpaired) electrons. The Balaban J connectivity index is 2.55. The molecule has 1 aromatic rings. The first-order valence-electron chi connectivity index (χ1n) is 6.00. The Morgan fingerprint density at radius 3 is 2.57 bits per heavy atom. The van der Waals surface area contributed by atoms with Crippen molar-refractivity contribution in [2.24, 2.45) is 0 Å². The van der Waals surface area contributed by atoms with Gasteiger partial charge in [-0.15, -0.1) is 0 Å². The molecule has 0 unspecified atom stereocenters. The normalized spacial score (nSPS) is 12.0. The number of sulfone groups is 1. The van der Waals surface area contributed by atoms with Gasteiger partial charge in [0.15, 0.2) is 9.84 Å². The van der Waals surface area contributed by atoms with E-state index in [4.69, 9.17) is 5.11 Å². The van der Waals surface area contributed by atoms with E-state index in [0.717, 1.165) is 10.9 Å². The molecule has 0 saturated heterocycles. The summed E-state index contributed by atoms with van der Waals surface area (Å²) in [7, 11) is -3.30. The average Bonchev–Trinajstić information content (AvgIpc) is 2.71. The summed E-state index contributed by atoms with van der Waals surface area (Å²) in [6.45, 7) is 2.65. The van der Waals surface area contributed by atoms with Gasteiger partial charge in [-0.3, -0.25) is 9.48 Å². The van der Waals surface area contributed by atoms with Crippen LogP contribution in [0.15, 0.2) is 12.4 Å². The molecule has 118 valence electrons. The molecule has 9 nitrogen and oxygen atoms in total. The SMILES string of the molecule is CC(C)(CNC(=O)Nc1cnn(CC(=O)O)c1)S(C)(=O)=O. The molecule has 0 saturated carbocycles. The number of aromatic nitrogens is 2. The van der Waals surface area contributed by atoms with Crippen LogP contribution in [0.3, 0.4) is 0 Å². The molecule has 0 atom stereocenters. The van der Waals surface area contributed by atoms with Crippen LogP contribution in [-0.2, 0) is 21.2 Å². The zero-order chi connectivity index (χ0) is 16.3. The number of aliphatic carboxylic acids is 1. The van der Waals surface area contributed by atoms with Crippen LogP contribution in [0.1, 0.15) is 13.8 Å². The largest absolute Gasteiger partial charge is 0.480 e. The van der Waals surface area contributed by atoms with Crippen molar-refractivity contribution in [2.45, 2.75) is 25.1 Å². The number of carbonyl (C=O) groups is 2. The summed E-state index contributed by atoms with van der Waals surface area (Å²) in [6, 6.07) is -0.596. The molecule has 0 aliphatic heterocycles. The van der Waals surface area contributed by atoms with E-state index in [9.17, 15) is 18.0 Å². The van der Waals surface area contributed by atoms with E-state index in [1.807, 2.05) is 0 Å². The number of urea groups is 1. The quantitative estimate of drug-likeness (QED) is 0.672. The maximum absolute atomic E-state index is 11.6. The highest BCUT2D eigenvalue weighted by atomic mass is 32.2. The van der Waals surface area contributed by atoms with E-state index in [2.05, 4.69) is 15.7 Å². The molecule has 21 heavy (non-hydrogen) atoms. The van der Waals surface area contributed by atoms with Crippen LogP contribution < -0.4 is 10.6 Å². The highest BCUT2D eigenvalue weighted by Crippen LogP contribution is 2.13. The van der Waals surface area contributed by atoms with Crippen LogP contribution in [0, 0.1) is 0 Å². The van der Waals surface area contributed by atoms with Crippen molar-refractivity contribution in [1.82, 2.24) is 15.1 Å². The first kappa shape index (κ1) is 17.0. The van der Waals surface area contributed by atoms with Gasteiger partial charge in [-0.25, -0.2) is 13.2 Å². The van der Waals surface area contributed by atoms with Gasteiger partial charge in [0.25, 0.3) is 0 Å². The number of carboxylic acids is 1. The fraction of sp³-hybridized carbons (Fsp3) is 0.545. The summed E-state index contributed by atoms with van der Waals surface area (Å²) in [6.07, 6.45) is 3.75. The van der Waals surface area contributed by atoms with Crippen LogP contribution in [-0.4, -0.2) is 52.9 Å². The highest BCUT2D eigenvalue weighted by molar-refractivity contribution is 7.92. The Morgan fingerprint density at radius 2 is 2.05 bits per heavy atom. The number of carbonyl (C=O) groups excluding carboxylic acids is 1. The first-order chi connectivity index (χ1) is 9.51. The van der Waals surface area contributed by atoms with E-state index in [1.54, 1.807) is 0 Å². The molecule has 0 fully saturated rings. The number of amides is 2. The van der Waals surface area contributed by atoms with Gasteiger partial charge in [-0.1, -0.05) is 0 Å². The Labute approximate surface area is 122 Å². The van der Waals surface area contributed by atoms with Crippen molar-refractivity contribution in [3.63, 3.8) is 0 Å². The van der Waals surface area contributed by atoms with E-state index in [-0.39, 0.29) is 13.1 Å². The summed E-state index contributed by atoms with van der Waals surface area (Å²) in [5.41, 5.74) is 0.311. The lowest BCUT2D eigenvalue weighted by Gasteiger charge is -2.22. The van der Waals surface area contributed by atoms with Crippen molar-refractivity contribution >= 4 is 27.5 Å². The second-order valence-electron chi connectivity index (χ2n) is 5.16. The minimum atomic E-state index is -3.30. The topological polar surface area (TPSA) is 130 Å². The number of anilines is 1. The van der Waals surface area contributed by atoms with E-state index in [0.29, 0.717) is 5.69 Å². The van der Waals surface area contributed by atoms with Gasteiger partial charge in [0.2, 0.25) is 0 Å². The lowest BCUT2D eigenvalue weighted by molar-refractivity contribution is -0.137. The fourth-order valence-corrected chi connectivity index (χ4v) is 1.59. The molecular formula is C11H18N4O5S. The van der Waals surface area contributed by atoms with Gasteiger partial charge in [-0.2, -0.15) is 5.10 Å². The second-order valence-corrected chi connectivity index (χ2v) is 7.81. The van der Waals surface area contributed by atoms with Gasteiger partial charge in [0.1, 0.15) is 6.54 Å². The van der Waals surface area contributed by atoms with Gasteiger partial charge >= 0.3 is 12.0 Å². The highest BCUT2D eigenvalue weighted by Gasteiger charge is 2.30. The van der Waals surface area contributed by atoms with Gasteiger partial charge in [-0.05, 0) is 13.8 Å². The fourth-order valence-electron chi connectivity index (χ4n) is 1.25. The zero-order valence-corrected chi connectivity index (χ0v) is 12.8. The minimum absolute atomic E-state index is 0.0546. The van der Waals surface area contributed by atoms with Crippen LogP contribution in [0.4, 0.5) is 10.5 Å². The molecule has 0 spiro atoms. The molecule has 0 bridgehead atoms. The average molecular weight is 318 g/mol. The lowest BCUT2D eigenvalue weighted by Crippen LogP contribution is -2.45. The number of rotatable bonds is 6. The number of hydrogen-bond donors (Lipinski definition) is 3. The van der Waals surface area contributed by atoms with Gasteiger partial charge in [0, 0.05) is 19.0 Å². The molecule has 2 amide bonds. The molecule has 0 aromatic carbocycles. The van der Waals surface area contributed by atoms with Crippen molar-refractivity contribution in [3.05, 3.63) is 12.4 Å². The molecular weight excluding hydrogens is 300 g/mol. The molecule has 1 rings (SSSR count). The van der Waals surface area contributed by atoms with Crippen molar-refractivity contribution in [2.75, 3.05) is 18.1 Å². The number of nitrogens with zero attached hydrogens (tertiary/aromatic N) is 2. The summed E-state index contributed by atoms with van der Waals surface area (Å²) in [4.78, 5) is 22.1. The Hall–Kier alpha value is -2.10. The molecule has 0 aliphatic rings. The third-order valence-electron chi connectivity index (χ3n) is 2.87. The van der Waals surface area contributed by atoms with Crippen LogP contribution in [0.25, 0.3) is 0 Å². The minimum Gasteiger partial charge on any atom is -0.480 e. The third-order valence-corrected chi connectivity index (χ3v) is 5.02. The molecule has 1 heterocycles. The summed E-state index contributed by atoms with van der Waals surface area (Å²) in [5.74, 6) is -1.05. The molecule has 0 aliphatic carbocycles. The predicted molar refractivity (Wildman–Crippen MR) is 75.8 cm³/mol. The molecule has 3 N–H and O–H groups in total. The van der Waals surface area contributed by atoms with Crippen LogP contribution >= 0.6 is 0 Å². The van der Waals surface area contributed by atoms with Gasteiger partial charge < -0.3 is 15.7 Å². The van der Waals surface area contributed by atoms with Crippen LogP contribution in [0.5, 0.6) is 0 Å². The third kappa shape index (κ3) is 5.06. The predicted octanol–water partition coefficient (Wildman–Crippen LogP) is -0.0876. The summed E-state index contributed by atoms with van der Waals surface area (Å²) >= 11 is 0. The maximum Gasteiger partial charge on any atom is 0.325 e. The molecule has 10 heteroatoms. The zero-order valence-electron chi connectivity index (χ0n) is 12.0. The lowest BCUT2D eigenvalue weighted by atomic mass is 10.2. The number of hydrogen-bond acceptors (Lipinski definition) is 5. The summed E-state index contributed by atoms with van der Waals surface area (Å²) < 4.78 is 23.0. The van der Waals surface area contributed by atoms with E-state index >= 15 is 0 Å². The van der Waals surface area contributed by atoms with Crippen molar-refractivity contribution in [1.29, 1.82) is 0 Å². The van der Waals surface area contributed by atoms with E-state index < -0.39 is 26.6 Å².